The summed E-state index contributed by atoms with van der Waals surface area (Å²) in [6, 6.07) is 5.14. The van der Waals surface area contributed by atoms with E-state index in [9.17, 15) is 8.78 Å². The quantitative estimate of drug-likeness (QED) is 0.733. The minimum absolute atomic E-state index is 0.0522. The lowest BCUT2D eigenvalue weighted by molar-refractivity contribution is -0.0518. The molecule has 1 unspecified atom stereocenters. The van der Waals surface area contributed by atoms with Gasteiger partial charge in [-0.25, -0.2) is 0 Å². The molecule has 0 aliphatic rings. The third kappa shape index (κ3) is 4.94. The van der Waals surface area contributed by atoms with Crippen LogP contribution < -0.4 is 14.8 Å². The minimum atomic E-state index is -2.90. The van der Waals surface area contributed by atoms with Gasteiger partial charge in [-0.1, -0.05) is 19.1 Å². The van der Waals surface area contributed by atoms with Crippen LogP contribution in [-0.2, 0) is 6.54 Å². The predicted octanol–water partition coefficient (Wildman–Crippen LogP) is 2.55. The van der Waals surface area contributed by atoms with Gasteiger partial charge in [0.25, 0.3) is 0 Å². The molecule has 0 aromatic heterocycles. The lowest BCUT2D eigenvalue weighted by atomic mass is 10.1. The van der Waals surface area contributed by atoms with Gasteiger partial charge in [-0.2, -0.15) is 8.78 Å². The van der Waals surface area contributed by atoms with E-state index in [-0.39, 0.29) is 24.1 Å². The van der Waals surface area contributed by atoms with Crippen LogP contribution in [0.5, 0.6) is 11.5 Å². The molecule has 0 spiro atoms. The Hall–Kier alpha value is -1.40. The largest absolute Gasteiger partial charge is 0.493 e. The van der Waals surface area contributed by atoms with Gasteiger partial charge in [0.2, 0.25) is 0 Å². The van der Waals surface area contributed by atoms with E-state index < -0.39 is 6.61 Å². The number of halogens is 2. The van der Waals surface area contributed by atoms with Crippen LogP contribution in [0, 0.1) is 0 Å². The first-order valence-corrected chi connectivity index (χ1v) is 6.57. The Bertz CT molecular complexity index is 402. The summed E-state index contributed by atoms with van der Waals surface area (Å²) in [7, 11) is 1.41. The van der Waals surface area contributed by atoms with Gasteiger partial charge in [0, 0.05) is 24.8 Å². The maximum atomic E-state index is 12.5. The third-order valence-electron chi connectivity index (χ3n) is 3.04. The summed E-state index contributed by atoms with van der Waals surface area (Å²) in [5.74, 6) is 0.330. The van der Waals surface area contributed by atoms with E-state index in [0.717, 1.165) is 6.42 Å². The van der Waals surface area contributed by atoms with E-state index in [0.29, 0.717) is 18.5 Å². The van der Waals surface area contributed by atoms with Crippen molar-refractivity contribution in [2.45, 2.75) is 39.0 Å². The van der Waals surface area contributed by atoms with Gasteiger partial charge in [-0.05, 0) is 18.9 Å². The van der Waals surface area contributed by atoms with Crippen LogP contribution in [0.1, 0.15) is 25.3 Å². The molecule has 20 heavy (non-hydrogen) atoms. The van der Waals surface area contributed by atoms with Crippen molar-refractivity contribution in [1.29, 1.82) is 0 Å². The second kappa shape index (κ2) is 8.71. The smallest absolute Gasteiger partial charge is 0.387 e. The first-order valence-electron chi connectivity index (χ1n) is 6.57. The summed E-state index contributed by atoms with van der Waals surface area (Å²) < 4.78 is 34.5. The number of rotatable bonds is 9. The van der Waals surface area contributed by atoms with Gasteiger partial charge in [0.1, 0.15) is 0 Å². The molecular weight excluding hydrogens is 268 g/mol. The van der Waals surface area contributed by atoms with Gasteiger partial charge in [-0.15, -0.1) is 0 Å². The van der Waals surface area contributed by atoms with Crippen LogP contribution in [0.3, 0.4) is 0 Å². The number of ether oxygens (including phenoxy) is 2. The Labute approximate surface area is 117 Å². The van der Waals surface area contributed by atoms with E-state index in [1.165, 1.54) is 7.11 Å². The summed E-state index contributed by atoms with van der Waals surface area (Å²) >= 11 is 0. The van der Waals surface area contributed by atoms with Crippen molar-refractivity contribution >= 4 is 0 Å². The van der Waals surface area contributed by atoms with Crippen molar-refractivity contribution in [3.63, 3.8) is 0 Å². The lowest BCUT2D eigenvalue weighted by Crippen LogP contribution is -2.29. The maximum absolute atomic E-state index is 12.5. The summed E-state index contributed by atoms with van der Waals surface area (Å²) in [5.41, 5.74) is 0.598. The monoisotopic (exact) mass is 289 g/mol. The van der Waals surface area contributed by atoms with Crippen LogP contribution in [0.15, 0.2) is 18.2 Å². The Morgan fingerprint density at radius 1 is 1.35 bits per heavy atom. The lowest BCUT2D eigenvalue weighted by Gasteiger charge is -2.18. The van der Waals surface area contributed by atoms with Crippen LogP contribution in [0.4, 0.5) is 8.78 Å². The molecule has 1 aromatic rings. The Morgan fingerprint density at radius 3 is 2.65 bits per heavy atom. The predicted molar refractivity (Wildman–Crippen MR) is 72.2 cm³/mol. The highest BCUT2D eigenvalue weighted by molar-refractivity contribution is 5.46. The molecule has 0 saturated carbocycles. The number of para-hydroxylation sites is 1. The molecule has 2 N–H and O–H groups in total. The Balaban J connectivity index is 2.82. The van der Waals surface area contributed by atoms with Crippen molar-refractivity contribution in [2.75, 3.05) is 13.7 Å². The number of aliphatic hydroxyl groups excluding tert-OH is 1. The molecular formula is C14H21F2NO3. The molecule has 0 heterocycles. The number of nitrogens with one attached hydrogen (secondary N) is 1. The van der Waals surface area contributed by atoms with Crippen LogP contribution in [0.2, 0.25) is 0 Å². The zero-order chi connectivity index (χ0) is 15.0. The van der Waals surface area contributed by atoms with Crippen molar-refractivity contribution in [1.82, 2.24) is 5.32 Å². The SMILES string of the molecule is CCC(CCO)NCc1cccc(OC)c1OC(F)F. The van der Waals surface area contributed by atoms with Crippen molar-refractivity contribution < 1.29 is 23.4 Å². The summed E-state index contributed by atoms with van der Waals surface area (Å²) in [6.07, 6.45) is 1.46. The zero-order valence-corrected chi connectivity index (χ0v) is 11.7. The maximum Gasteiger partial charge on any atom is 0.387 e. The molecule has 0 aliphatic heterocycles. The Morgan fingerprint density at radius 2 is 2.10 bits per heavy atom. The molecule has 4 nitrogen and oxygen atoms in total. The second-order valence-corrected chi connectivity index (χ2v) is 4.33. The first kappa shape index (κ1) is 16.7. The van der Waals surface area contributed by atoms with Gasteiger partial charge in [0.15, 0.2) is 11.5 Å². The average Bonchev–Trinajstić information content (AvgIpc) is 2.44. The highest BCUT2D eigenvalue weighted by Crippen LogP contribution is 2.32. The zero-order valence-electron chi connectivity index (χ0n) is 11.7. The third-order valence-corrected chi connectivity index (χ3v) is 3.04. The first-order chi connectivity index (χ1) is 9.62. The van der Waals surface area contributed by atoms with Gasteiger partial charge in [-0.3, -0.25) is 0 Å². The standard InChI is InChI=1S/C14H21F2NO3/c1-3-11(7-8-18)17-9-10-5-4-6-12(19-2)13(10)20-14(15)16/h4-6,11,14,17-18H,3,7-9H2,1-2H3. The van der Waals surface area contributed by atoms with Gasteiger partial charge < -0.3 is 19.9 Å². The molecule has 0 bridgehead atoms. The van der Waals surface area contributed by atoms with Crippen LogP contribution >= 0.6 is 0 Å². The minimum Gasteiger partial charge on any atom is -0.493 e. The normalized spacial score (nSPS) is 12.5. The van der Waals surface area contributed by atoms with Crippen molar-refractivity contribution in [3.05, 3.63) is 23.8 Å². The van der Waals surface area contributed by atoms with E-state index in [2.05, 4.69) is 10.1 Å². The fraction of sp³-hybridized carbons (Fsp3) is 0.571. The summed E-state index contributed by atoms with van der Waals surface area (Å²) in [4.78, 5) is 0. The number of alkyl halides is 2. The van der Waals surface area contributed by atoms with E-state index >= 15 is 0 Å². The molecule has 114 valence electrons. The molecule has 1 rings (SSSR count). The number of aliphatic hydroxyl groups is 1. The average molecular weight is 289 g/mol. The van der Waals surface area contributed by atoms with E-state index in [1.54, 1.807) is 18.2 Å². The molecule has 0 amide bonds. The fourth-order valence-corrected chi connectivity index (χ4v) is 1.94. The highest BCUT2D eigenvalue weighted by Gasteiger charge is 2.16. The van der Waals surface area contributed by atoms with Crippen molar-refractivity contribution in [3.8, 4) is 11.5 Å². The number of hydrogen-bond donors (Lipinski definition) is 2. The van der Waals surface area contributed by atoms with Gasteiger partial charge >= 0.3 is 6.61 Å². The second-order valence-electron chi connectivity index (χ2n) is 4.33. The number of methoxy groups -OCH3 is 1. The molecule has 0 fully saturated rings. The van der Waals surface area contributed by atoms with Gasteiger partial charge in [0.05, 0.1) is 7.11 Å². The molecule has 0 radical (unpaired) electrons. The Kier molecular flexibility index (Phi) is 7.25. The van der Waals surface area contributed by atoms with Crippen LogP contribution in [-0.4, -0.2) is 31.5 Å². The number of hydrogen-bond acceptors (Lipinski definition) is 4. The summed E-state index contributed by atoms with van der Waals surface area (Å²) in [6.45, 7) is -0.443. The van der Waals surface area contributed by atoms with Crippen molar-refractivity contribution in [2.24, 2.45) is 0 Å². The molecule has 1 aromatic carbocycles. The topological polar surface area (TPSA) is 50.7 Å². The summed E-state index contributed by atoms with van der Waals surface area (Å²) in [5, 5.41) is 12.1. The van der Waals surface area contributed by atoms with Crippen LogP contribution in [0.25, 0.3) is 0 Å². The number of benzene rings is 1. The molecule has 0 aliphatic carbocycles. The molecule has 0 saturated heterocycles. The molecule has 6 heteroatoms. The molecule has 1 atom stereocenters. The van der Waals surface area contributed by atoms with E-state index in [1.807, 2.05) is 6.92 Å². The highest BCUT2D eigenvalue weighted by atomic mass is 19.3. The van der Waals surface area contributed by atoms with E-state index in [4.69, 9.17) is 9.84 Å². The fourth-order valence-electron chi connectivity index (χ4n) is 1.94.